The van der Waals surface area contributed by atoms with Gasteiger partial charge in [0.1, 0.15) is 0 Å². The molecule has 31 rings (SSSR count). The maximum Gasteiger partial charge on any atom is 0.364 e. The first-order valence-electron chi connectivity index (χ1n) is 19.4. The molecule has 0 spiro atoms. The van der Waals surface area contributed by atoms with E-state index in [1.54, 1.807) is 6.07 Å². The van der Waals surface area contributed by atoms with Gasteiger partial charge in [-0.1, -0.05) is 182 Å². The number of benzene rings is 8. The Labute approximate surface area is 336 Å². The van der Waals surface area contributed by atoms with Crippen LogP contribution in [0.25, 0.3) is 89.0 Å². The molecule has 2 amide bonds. The van der Waals surface area contributed by atoms with E-state index in [4.69, 9.17) is 4.84 Å². The van der Waals surface area contributed by atoms with Crippen molar-refractivity contribution in [2.75, 3.05) is 0 Å². The van der Waals surface area contributed by atoms with Crippen LogP contribution in [0.1, 0.15) is 23.2 Å². The Balaban J connectivity index is 1.04. The molecule has 0 radical (unpaired) electrons. The second-order valence-corrected chi connectivity index (χ2v) is 14.8. The summed E-state index contributed by atoms with van der Waals surface area (Å²) in [5.41, 5.74) is 16.9. The Kier molecular flexibility index (Phi) is 8.68. The second kappa shape index (κ2) is 14.5. The normalized spacial score (nSPS) is 12.8. The van der Waals surface area contributed by atoms with Crippen LogP contribution in [0.2, 0.25) is 0 Å². The highest BCUT2D eigenvalue weighted by atomic mass is 16.7. The van der Waals surface area contributed by atoms with Crippen LogP contribution >= 0.6 is 0 Å². The van der Waals surface area contributed by atoms with Crippen LogP contribution in [-0.2, 0) is 14.4 Å². The molecule has 1 fully saturated rings. The predicted molar refractivity (Wildman–Crippen MR) is 230 cm³/mol. The molecule has 8 aromatic rings. The van der Waals surface area contributed by atoms with E-state index in [-0.39, 0.29) is 18.4 Å². The molecule has 0 atom stereocenters. The van der Waals surface area contributed by atoms with E-state index in [1.165, 1.54) is 16.7 Å². The smallest absolute Gasteiger partial charge is 0.325 e. The quantitative estimate of drug-likeness (QED) is 0.165. The number of imide groups is 1. The van der Waals surface area contributed by atoms with E-state index < -0.39 is 17.8 Å². The van der Waals surface area contributed by atoms with Crippen molar-refractivity contribution in [2.24, 2.45) is 0 Å². The molecule has 0 N–H and O–H groups in total. The van der Waals surface area contributed by atoms with Crippen LogP contribution in [0.15, 0.2) is 188 Å². The van der Waals surface area contributed by atoms with Crippen LogP contribution in [0.5, 0.6) is 0 Å². The lowest BCUT2D eigenvalue weighted by Crippen LogP contribution is -2.32. The largest absolute Gasteiger partial charge is 0.364 e. The summed E-state index contributed by atoms with van der Waals surface area (Å²) in [5, 5.41) is 0.600. The van der Waals surface area contributed by atoms with E-state index in [9.17, 15) is 14.4 Å². The van der Waals surface area contributed by atoms with Crippen molar-refractivity contribution in [3.8, 4) is 89.0 Å². The lowest BCUT2D eigenvalue weighted by molar-refractivity contribution is -0.172. The molecule has 5 heteroatoms. The van der Waals surface area contributed by atoms with Crippen molar-refractivity contribution in [2.45, 2.75) is 12.8 Å². The monoisotopic (exact) mass is 749 g/mol. The third-order valence-electron chi connectivity index (χ3n) is 11.3. The zero-order valence-electron chi connectivity index (χ0n) is 31.4. The minimum atomic E-state index is -0.769. The van der Waals surface area contributed by atoms with Gasteiger partial charge in [0.25, 0.3) is 11.8 Å². The number of rotatable bonds is 2. The molecule has 276 valence electrons. The van der Waals surface area contributed by atoms with Crippen LogP contribution in [-0.4, -0.2) is 22.8 Å². The highest BCUT2D eigenvalue weighted by Gasteiger charge is 2.34. The molecular weight excluding hydrogens is 715 g/mol. The Bertz CT molecular complexity index is 2820. The summed E-state index contributed by atoms with van der Waals surface area (Å²) < 4.78 is 0. The van der Waals surface area contributed by atoms with Gasteiger partial charge in [-0.15, -0.1) is 5.06 Å². The fraction of sp³-hybridized carbons (Fsp3) is 0.0377. The van der Waals surface area contributed by atoms with E-state index in [0.29, 0.717) is 10.6 Å². The topological polar surface area (TPSA) is 63.7 Å². The van der Waals surface area contributed by atoms with E-state index in [1.807, 2.05) is 48.5 Å². The average molecular weight is 750 g/mol. The molecular formula is C53H35NO4. The highest BCUT2D eigenvalue weighted by Crippen LogP contribution is 2.35. The van der Waals surface area contributed by atoms with Gasteiger partial charge in [-0.05, 0) is 95.1 Å². The zero-order valence-corrected chi connectivity index (χ0v) is 31.4. The lowest BCUT2D eigenvalue weighted by atomic mass is 9.92. The SMILES string of the molecule is O=C(ON1C(=O)CCC1=O)c1cc2ccc1-c1ccc(cc1)-c1ccc(cc1)-c1ccc(cc1)-c1ccc(cc1)-c1ccc(cc1)-c1ccc(cc1)-c1ccc-2cc1. The zero-order chi connectivity index (χ0) is 39.2. The van der Waals surface area contributed by atoms with Crippen LogP contribution in [0.3, 0.4) is 0 Å². The molecule has 0 aromatic heterocycles. The van der Waals surface area contributed by atoms with Crippen LogP contribution in [0, 0.1) is 0 Å². The van der Waals surface area contributed by atoms with Crippen molar-refractivity contribution in [3.05, 3.63) is 194 Å². The predicted octanol–water partition coefficient (Wildman–Crippen LogP) is 12.6. The van der Waals surface area contributed by atoms with Crippen molar-refractivity contribution >= 4 is 17.8 Å². The minimum absolute atomic E-state index is 0.0186. The van der Waals surface area contributed by atoms with Gasteiger partial charge in [-0.3, -0.25) is 9.59 Å². The lowest BCUT2D eigenvalue weighted by Gasteiger charge is -2.16. The Morgan fingerprint density at radius 3 is 0.828 bits per heavy atom. The molecule has 5 nitrogen and oxygen atoms in total. The molecule has 1 aliphatic heterocycles. The number of carbonyl (C=O) groups excluding carboxylic acids is 3. The molecule has 0 unspecified atom stereocenters. The number of hydrogen-bond donors (Lipinski definition) is 0. The second-order valence-electron chi connectivity index (χ2n) is 14.8. The van der Waals surface area contributed by atoms with E-state index in [2.05, 4.69) is 133 Å². The Morgan fingerprint density at radius 2 is 0.552 bits per heavy atom. The third-order valence-corrected chi connectivity index (χ3v) is 11.3. The number of nitrogens with zero attached hydrogens (tertiary/aromatic N) is 1. The minimum Gasteiger partial charge on any atom is -0.325 e. The molecule has 0 saturated carbocycles. The van der Waals surface area contributed by atoms with Gasteiger partial charge < -0.3 is 4.84 Å². The Hall–Kier alpha value is -7.63. The molecule has 23 aliphatic rings. The van der Waals surface area contributed by atoms with Crippen LogP contribution in [0.4, 0.5) is 0 Å². The fourth-order valence-electron chi connectivity index (χ4n) is 7.91. The maximum atomic E-state index is 13.8. The van der Waals surface area contributed by atoms with Gasteiger partial charge in [0.15, 0.2) is 0 Å². The summed E-state index contributed by atoms with van der Waals surface area (Å²) in [4.78, 5) is 44.1. The van der Waals surface area contributed by atoms with Gasteiger partial charge in [0, 0.05) is 12.8 Å². The first kappa shape index (κ1) is 34.8. The van der Waals surface area contributed by atoms with Crippen molar-refractivity contribution in [1.29, 1.82) is 0 Å². The standard InChI is InChI=1S/C53H35NO4/c55-51-31-32-52(56)54(51)58-53(57)50-33-48-29-30-49(50)47-27-25-45(26-28-47)43-19-17-41(18-20-43)39-11-9-37(10-12-39)35-3-1-34(2-4-35)36-5-7-38(8-6-36)40-13-15-42(16-14-40)44-21-23-46(48)24-22-44/h1-30,33H,31-32H2. The van der Waals surface area contributed by atoms with Crippen molar-refractivity contribution in [1.82, 2.24) is 5.06 Å². The summed E-state index contributed by atoms with van der Waals surface area (Å²) in [6.45, 7) is 0. The van der Waals surface area contributed by atoms with Crippen LogP contribution < -0.4 is 0 Å². The number of amides is 2. The average Bonchev–Trinajstić information content (AvgIpc) is 3.61. The molecule has 1 saturated heterocycles. The summed E-state index contributed by atoms with van der Waals surface area (Å²) in [7, 11) is 0. The van der Waals surface area contributed by atoms with E-state index >= 15 is 0 Å². The van der Waals surface area contributed by atoms with Gasteiger partial charge >= 0.3 is 5.97 Å². The maximum absolute atomic E-state index is 13.8. The molecule has 8 aromatic carbocycles. The number of hydroxylamine groups is 2. The van der Waals surface area contributed by atoms with Crippen molar-refractivity contribution < 1.29 is 19.2 Å². The first-order chi connectivity index (χ1) is 28.4. The summed E-state index contributed by atoms with van der Waals surface area (Å²) in [6, 6.07) is 65.1. The van der Waals surface area contributed by atoms with Gasteiger partial charge in [-0.25, -0.2) is 4.79 Å². The summed E-state index contributed by atoms with van der Waals surface area (Å²) in [6.07, 6.45) is 0.0372. The van der Waals surface area contributed by atoms with Crippen molar-refractivity contribution in [3.63, 3.8) is 0 Å². The fourth-order valence-corrected chi connectivity index (χ4v) is 7.91. The highest BCUT2D eigenvalue weighted by molar-refractivity contribution is 6.04. The number of hydrogen-bond acceptors (Lipinski definition) is 4. The third kappa shape index (κ3) is 6.59. The van der Waals surface area contributed by atoms with Gasteiger partial charge in [-0.2, -0.15) is 0 Å². The molecule has 1 heterocycles. The number of carbonyl (C=O) groups is 3. The van der Waals surface area contributed by atoms with Gasteiger partial charge in [0.05, 0.1) is 5.56 Å². The van der Waals surface area contributed by atoms with E-state index in [0.717, 1.165) is 66.8 Å². The molecule has 58 heavy (non-hydrogen) atoms. The molecule has 22 aliphatic carbocycles. The summed E-state index contributed by atoms with van der Waals surface area (Å²) >= 11 is 0. The summed E-state index contributed by atoms with van der Waals surface area (Å²) in [5.74, 6) is -1.82. The molecule has 16 bridgehead atoms. The Morgan fingerprint density at radius 1 is 0.328 bits per heavy atom. The first-order valence-corrected chi connectivity index (χ1v) is 19.4. The van der Waals surface area contributed by atoms with Gasteiger partial charge in [0.2, 0.25) is 0 Å².